The van der Waals surface area contributed by atoms with Crippen LogP contribution in [0.15, 0.2) is 24.3 Å². The number of carbonyl (C=O) groups excluding carboxylic acids is 2. The number of Topliss-reactive ketones (excluding diaryl/α,β-unsaturated/α-hetero) is 1. The van der Waals surface area contributed by atoms with Crippen molar-refractivity contribution >= 4 is 11.8 Å². The number of benzene rings is 1. The Balaban J connectivity index is 1.78. The van der Waals surface area contributed by atoms with Crippen molar-refractivity contribution in [2.24, 2.45) is 5.92 Å². The van der Waals surface area contributed by atoms with E-state index >= 15 is 0 Å². The summed E-state index contributed by atoms with van der Waals surface area (Å²) in [6.45, 7) is 2.21. The van der Waals surface area contributed by atoms with Crippen molar-refractivity contribution < 1.29 is 23.8 Å². The lowest BCUT2D eigenvalue weighted by Gasteiger charge is -2.55. The highest BCUT2D eigenvalue weighted by atomic mass is 16.6. The van der Waals surface area contributed by atoms with Gasteiger partial charge in [-0.3, -0.25) is 14.5 Å². The Bertz CT molecular complexity index is 862. The summed E-state index contributed by atoms with van der Waals surface area (Å²) in [7, 11) is 3.60. The molecule has 136 valence electrons. The van der Waals surface area contributed by atoms with E-state index in [1.54, 1.807) is 13.2 Å². The van der Waals surface area contributed by atoms with Gasteiger partial charge < -0.3 is 14.2 Å². The number of esters is 1. The molecule has 0 aromatic heterocycles. The van der Waals surface area contributed by atoms with Crippen LogP contribution < -0.4 is 9.47 Å². The van der Waals surface area contributed by atoms with Crippen molar-refractivity contribution in [3.05, 3.63) is 35.4 Å². The SMILES string of the molecule is COc1ccc2c3c1O[C@H]1[C@@H](OC(C)=O)C=C[C@H]4[C@@H](C2=O)N(C)CC[C@@]341. The Hall–Kier alpha value is -2.34. The van der Waals surface area contributed by atoms with Gasteiger partial charge in [-0.15, -0.1) is 0 Å². The zero-order valence-corrected chi connectivity index (χ0v) is 15.0. The number of hydrogen-bond acceptors (Lipinski definition) is 6. The Kier molecular flexibility index (Phi) is 3.11. The van der Waals surface area contributed by atoms with Crippen LogP contribution in [0.4, 0.5) is 0 Å². The lowest BCUT2D eigenvalue weighted by Crippen LogP contribution is -2.66. The van der Waals surface area contributed by atoms with Gasteiger partial charge in [0.25, 0.3) is 0 Å². The molecule has 0 N–H and O–H groups in total. The first-order valence-electron chi connectivity index (χ1n) is 8.97. The molecule has 2 aliphatic heterocycles. The second kappa shape index (κ2) is 5.10. The summed E-state index contributed by atoms with van der Waals surface area (Å²) < 4.78 is 17.5. The second-order valence-electron chi connectivity index (χ2n) is 7.62. The highest BCUT2D eigenvalue weighted by molar-refractivity contribution is 6.05. The zero-order chi connectivity index (χ0) is 18.2. The lowest BCUT2D eigenvalue weighted by atomic mass is 9.53. The molecule has 0 radical (unpaired) electrons. The van der Waals surface area contributed by atoms with Crippen molar-refractivity contribution in [3.63, 3.8) is 0 Å². The summed E-state index contributed by atoms with van der Waals surface area (Å²) in [6, 6.07) is 3.44. The molecule has 1 aromatic carbocycles. The molecule has 2 aliphatic carbocycles. The molecular weight excluding hydrogens is 334 g/mol. The van der Waals surface area contributed by atoms with E-state index in [0.29, 0.717) is 17.1 Å². The number of methoxy groups -OCH3 is 1. The summed E-state index contributed by atoms with van der Waals surface area (Å²) in [5.41, 5.74) is 1.30. The maximum atomic E-state index is 13.3. The monoisotopic (exact) mass is 355 g/mol. The molecule has 6 heteroatoms. The Labute approximate surface area is 151 Å². The van der Waals surface area contributed by atoms with Gasteiger partial charge in [0.1, 0.15) is 6.10 Å². The van der Waals surface area contributed by atoms with E-state index in [1.165, 1.54) is 6.92 Å². The number of rotatable bonds is 2. The molecule has 5 rings (SSSR count). The summed E-state index contributed by atoms with van der Waals surface area (Å²) in [6.07, 6.45) is 3.99. The molecule has 1 fully saturated rings. The van der Waals surface area contributed by atoms with E-state index in [2.05, 4.69) is 11.0 Å². The fourth-order valence-corrected chi connectivity index (χ4v) is 5.51. The molecule has 4 aliphatic rings. The maximum Gasteiger partial charge on any atom is 0.303 e. The third-order valence-electron chi connectivity index (χ3n) is 6.49. The van der Waals surface area contributed by atoms with E-state index < -0.39 is 6.10 Å². The van der Waals surface area contributed by atoms with Crippen molar-refractivity contribution in [1.29, 1.82) is 0 Å². The van der Waals surface area contributed by atoms with E-state index in [1.807, 2.05) is 19.2 Å². The van der Waals surface area contributed by atoms with Crippen LogP contribution in [0.1, 0.15) is 29.3 Å². The van der Waals surface area contributed by atoms with E-state index in [0.717, 1.165) is 18.5 Å². The molecule has 26 heavy (non-hydrogen) atoms. The first kappa shape index (κ1) is 15.9. The van der Waals surface area contributed by atoms with Crippen LogP contribution in [0.3, 0.4) is 0 Å². The number of ketones is 1. The molecule has 6 nitrogen and oxygen atoms in total. The van der Waals surface area contributed by atoms with Gasteiger partial charge in [-0.1, -0.05) is 6.08 Å². The Morgan fingerprint density at radius 3 is 2.88 bits per heavy atom. The van der Waals surface area contributed by atoms with Crippen LogP contribution in [0.5, 0.6) is 11.5 Å². The van der Waals surface area contributed by atoms with Crippen molar-refractivity contribution in [2.75, 3.05) is 20.7 Å². The van der Waals surface area contributed by atoms with Crippen LogP contribution in [0.25, 0.3) is 0 Å². The standard InChI is InChI=1S/C20H21NO5/c1-10(22)25-14-7-5-12-16-17(23)11-4-6-13(24-3)18-15(11)20(12,19(14)26-18)8-9-21(16)2/h4-7,12,14,16,19H,8-9H2,1-3H3/t12-,14-,16-,19-,20-/m0/s1. The summed E-state index contributed by atoms with van der Waals surface area (Å²) in [5.74, 6) is 1.06. The molecule has 1 aromatic rings. The third kappa shape index (κ3) is 1.70. The van der Waals surface area contributed by atoms with Gasteiger partial charge in [0.15, 0.2) is 23.4 Å². The minimum atomic E-state index is -0.467. The zero-order valence-electron chi connectivity index (χ0n) is 15.0. The number of carbonyl (C=O) groups is 2. The second-order valence-corrected chi connectivity index (χ2v) is 7.62. The van der Waals surface area contributed by atoms with E-state index in [-0.39, 0.29) is 35.2 Å². The van der Waals surface area contributed by atoms with Crippen LogP contribution in [-0.2, 0) is 14.9 Å². The van der Waals surface area contributed by atoms with Gasteiger partial charge in [-0.2, -0.15) is 0 Å². The molecule has 2 bridgehead atoms. The number of likely N-dealkylation sites (tertiary alicyclic amines) is 1. The van der Waals surface area contributed by atoms with Crippen molar-refractivity contribution in [2.45, 2.75) is 37.0 Å². The van der Waals surface area contributed by atoms with Crippen molar-refractivity contribution in [1.82, 2.24) is 4.90 Å². The molecule has 1 spiro atoms. The lowest BCUT2D eigenvalue weighted by molar-refractivity contribution is -0.151. The van der Waals surface area contributed by atoms with Crippen molar-refractivity contribution in [3.8, 4) is 11.5 Å². The summed E-state index contributed by atoms with van der Waals surface area (Å²) in [4.78, 5) is 27.0. The molecular formula is C20H21NO5. The maximum absolute atomic E-state index is 13.3. The molecule has 1 saturated heterocycles. The third-order valence-corrected chi connectivity index (χ3v) is 6.49. The van der Waals surface area contributed by atoms with Crippen LogP contribution in [0.2, 0.25) is 0 Å². The number of piperidine rings is 1. The number of likely N-dealkylation sites (N-methyl/N-ethyl adjacent to an activating group) is 1. The predicted octanol–water partition coefficient (Wildman–Crippen LogP) is 1.71. The van der Waals surface area contributed by atoms with Crippen LogP contribution >= 0.6 is 0 Å². The summed E-state index contributed by atoms with van der Waals surface area (Å²) >= 11 is 0. The van der Waals surface area contributed by atoms with Gasteiger partial charge in [0.05, 0.1) is 18.6 Å². The fraction of sp³-hybridized carbons (Fsp3) is 0.500. The van der Waals surface area contributed by atoms with Gasteiger partial charge in [-0.25, -0.2) is 0 Å². The average molecular weight is 355 g/mol. The highest BCUT2D eigenvalue weighted by Gasteiger charge is 2.67. The topological polar surface area (TPSA) is 65.1 Å². The van der Waals surface area contributed by atoms with Gasteiger partial charge in [0.2, 0.25) is 0 Å². The minimum Gasteiger partial charge on any atom is -0.493 e. The first-order chi connectivity index (χ1) is 12.5. The fourth-order valence-electron chi connectivity index (χ4n) is 5.51. The molecule has 0 unspecified atom stereocenters. The van der Waals surface area contributed by atoms with E-state index in [9.17, 15) is 9.59 Å². The predicted molar refractivity (Wildman–Crippen MR) is 92.6 cm³/mol. The highest BCUT2D eigenvalue weighted by Crippen LogP contribution is 2.62. The molecule has 0 saturated carbocycles. The molecule has 2 heterocycles. The number of hydrogen-bond donors (Lipinski definition) is 0. The number of ether oxygens (including phenoxy) is 3. The average Bonchev–Trinajstić information content (AvgIpc) is 2.96. The first-order valence-corrected chi connectivity index (χ1v) is 8.97. The normalized spacial score (nSPS) is 36.3. The smallest absolute Gasteiger partial charge is 0.303 e. The van der Waals surface area contributed by atoms with Crippen LogP contribution in [-0.4, -0.2) is 55.6 Å². The van der Waals surface area contributed by atoms with Crippen LogP contribution in [0, 0.1) is 5.92 Å². The minimum absolute atomic E-state index is 0.00594. The molecule has 5 atom stereocenters. The van der Waals surface area contributed by atoms with Gasteiger partial charge in [0, 0.05) is 24.0 Å². The Morgan fingerprint density at radius 2 is 2.15 bits per heavy atom. The van der Waals surface area contributed by atoms with Gasteiger partial charge in [-0.05, 0) is 38.2 Å². The van der Waals surface area contributed by atoms with Gasteiger partial charge >= 0.3 is 5.97 Å². The number of nitrogens with zero attached hydrogens (tertiary/aromatic N) is 1. The largest absolute Gasteiger partial charge is 0.493 e. The Morgan fingerprint density at radius 1 is 1.35 bits per heavy atom. The quantitative estimate of drug-likeness (QED) is 0.594. The van der Waals surface area contributed by atoms with E-state index in [4.69, 9.17) is 14.2 Å². The molecule has 0 amide bonds. The summed E-state index contributed by atoms with van der Waals surface area (Å²) in [5, 5.41) is 0.